The zero-order valence-electron chi connectivity index (χ0n) is 74.1. The molecule has 0 fully saturated rings. The number of primary amides is 2. The highest BCUT2D eigenvalue weighted by molar-refractivity contribution is 6.03. The topological polar surface area (TPSA) is 820 Å². The molecule has 18 amide bonds. The van der Waals surface area contributed by atoms with E-state index in [1.54, 1.807) is 19.2 Å². The number of aliphatic hydroxyl groups excluding tert-OH is 2. The van der Waals surface area contributed by atoms with Crippen molar-refractivity contribution in [2.24, 2.45) is 46.4 Å². The van der Waals surface area contributed by atoms with Crippen molar-refractivity contribution in [2.45, 2.75) is 299 Å². The molecule has 0 saturated heterocycles. The molecule has 132 heavy (non-hydrogen) atoms. The normalized spacial score (nSPS) is 15.5. The summed E-state index contributed by atoms with van der Waals surface area (Å²) in [6, 6.07) is -29.8. The number of alkyl halides is 7. The van der Waals surface area contributed by atoms with Crippen LogP contribution in [0.25, 0.3) is 0 Å². The molecule has 0 radical (unpaired) electrons. The third kappa shape index (κ3) is 42.3. The number of nitrogens with two attached hydrogens (primary N) is 5. The van der Waals surface area contributed by atoms with E-state index in [-0.39, 0.29) is 71.0 Å². The molecule has 0 aliphatic rings. The number of carbonyl (C=O) groups is 22. The summed E-state index contributed by atoms with van der Waals surface area (Å²) in [5.74, 6) is -47.8. The number of halogens is 7. The molecule has 0 saturated carbocycles. The largest absolute Gasteiger partial charge is 0.481 e. The van der Waals surface area contributed by atoms with E-state index in [9.17, 15) is 162 Å². The number of rotatable bonds is 64. The lowest BCUT2D eigenvalue weighted by atomic mass is 9.98. The summed E-state index contributed by atoms with van der Waals surface area (Å²) < 4.78 is 94.3. The monoisotopic (exact) mass is 1910 g/mol. The molecule has 0 rings (SSSR count). The fourth-order valence-electron chi connectivity index (χ4n) is 11.9. The van der Waals surface area contributed by atoms with E-state index in [1.165, 1.54) is 34.6 Å². The van der Waals surface area contributed by atoms with E-state index < -0.39 is 327 Å². The number of unbranched alkanes of at least 4 members (excludes halogenated alkanes) is 3. The standard InChI is InChI=1S/C76H124F7N21O28/c1-32(2)27-44(65(123)104-56(38(10)106)71(129)94-40(18-12-15-25-85)61(119)89-35(7)57(115)92-41(19-13-16-26-86)63(121)100-48(31-105)68(126)95-43(72(130)131)20-22-49(87)107)98-69(127)54(33(3)4)102-66(124)45(28-50(88)108)99-70(128)55(34(5)6)103-67(125)47(30-53(113)114)97-59(117)36(8)90-60(118)39(17-11-14-24-84)93-64(122)46(29-52(111)112)96-58(116)37(9)91-62(120)42(21-23-51(109)110)101-73(132)74(77,78)75(79,80)76(81,82)83/h32-48,54-56,105-106H,11-31,84-86H2,1-10H3,(H2,87,107)(H2,88,108)(H,89,119)(H,90,118)(H,91,120)(H,92,115)(H,93,122)(H,94,129)(H,95,126)(H,96,116)(H,97,117)(H,98,127)(H,99,128)(H,100,121)(H,101,132)(H,102,124)(H,103,125)(H,104,123)(H,109,110)(H,111,112)(H,113,114)(H,130,131)/t35-,36-,37-,38+,39-,40-,41-,42-,43-,44-,45-,46-,47-,48-,54-,55-,56-/m0/s1. The fourth-order valence-corrected chi connectivity index (χ4v) is 11.9. The molecule has 0 bridgehead atoms. The first-order valence-electron chi connectivity index (χ1n) is 41.6. The molecule has 32 N–H and O–H groups in total. The Morgan fingerprint density at radius 3 is 0.924 bits per heavy atom. The summed E-state index contributed by atoms with van der Waals surface area (Å²) in [6.07, 6.45) is -15.7. The highest BCUT2D eigenvalue weighted by atomic mass is 19.4. The van der Waals surface area contributed by atoms with Crippen molar-refractivity contribution >= 4 is 130 Å². The Hall–Kier alpha value is -12.3. The van der Waals surface area contributed by atoms with Crippen LogP contribution in [-0.2, 0) is 105 Å². The highest BCUT2D eigenvalue weighted by Gasteiger charge is 2.76. The first-order chi connectivity index (χ1) is 61.1. The van der Waals surface area contributed by atoms with Gasteiger partial charge in [0.05, 0.1) is 32.0 Å². The van der Waals surface area contributed by atoms with Crippen molar-refractivity contribution in [3.8, 4) is 0 Å². The smallest absolute Gasteiger partial charge is 0.460 e. The predicted molar refractivity (Wildman–Crippen MR) is 442 cm³/mol. The number of nitrogens with one attached hydrogen (secondary N) is 16. The molecule has 0 aromatic carbocycles. The number of aliphatic carboxylic acids is 4. The van der Waals surface area contributed by atoms with E-state index in [4.69, 9.17) is 33.8 Å². The molecule has 49 nitrogen and oxygen atoms in total. The van der Waals surface area contributed by atoms with E-state index in [1.807, 2.05) is 5.32 Å². The van der Waals surface area contributed by atoms with Gasteiger partial charge in [-0.3, -0.25) is 101 Å². The average molecular weight is 1910 g/mol. The highest BCUT2D eigenvalue weighted by Crippen LogP contribution is 2.46. The maximum atomic E-state index is 14.4. The molecule has 0 aliphatic carbocycles. The number of carboxylic acid groups (broad SMARTS) is 4. The molecule has 56 heteroatoms. The third-order valence-electron chi connectivity index (χ3n) is 19.4. The van der Waals surface area contributed by atoms with Gasteiger partial charge in [0.25, 0.3) is 5.91 Å². The van der Waals surface area contributed by atoms with Gasteiger partial charge in [-0.25, -0.2) is 4.79 Å². The zero-order chi connectivity index (χ0) is 102. The van der Waals surface area contributed by atoms with Gasteiger partial charge in [-0.1, -0.05) is 41.5 Å². The summed E-state index contributed by atoms with van der Waals surface area (Å²) in [7, 11) is 0. The van der Waals surface area contributed by atoms with Gasteiger partial charge in [-0.2, -0.15) is 30.7 Å². The van der Waals surface area contributed by atoms with Crippen LogP contribution in [0.1, 0.15) is 178 Å². The second-order valence-electron chi connectivity index (χ2n) is 31.9. The molecule has 0 heterocycles. The van der Waals surface area contributed by atoms with E-state index >= 15 is 0 Å². The van der Waals surface area contributed by atoms with Gasteiger partial charge in [0.1, 0.15) is 96.7 Å². The molecule has 0 aliphatic heterocycles. The summed E-state index contributed by atoms with van der Waals surface area (Å²) in [4.78, 5) is 291. The average Bonchev–Trinajstić information content (AvgIpc) is 0.761. The Bertz CT molecular complexity index is 4020. The molecule has 0 aromatic heterocycles. The summed E-state index contributed by atoms with van der Waals surface area (Å²) in [5, 5.41) is 93.3. The lowest BCUT2D eigenvalue weighted by Crippen LogP contribution is -2.63. The van der Waals surface area contributed by atoms with Gasteiger partial charge >= 0.3 is 41.9 Å². The first-order valence-corrected chi connectivity index (χ1v) is 41.6. The summed E-state index contributed by atoms with van der Waals surface area (Å²) >= 11 is 0. The van der Waals surface area contributed by atoms with Gasteiger partial charge in [0.2, 0.25) is 100 Å². The lowest BCUT2D eigenvalue weighted by molar-refractivity contribution is -0.344. The number of carbonyl (C=O) groups excluding carboxylic acids is 18. The van der Waals surface area contributed by atoms with Crippen LogP contribution in [0.5, 0.6) is 0 Å². The summed E-state index contributed by atoms with van der Waals surface area (Å²) in [5.41, 5.74) is 27.5. The molecule has 0 aromatic rings. The van der Waals surface area contributed by atoms with Crippen molar-refractivity contribution in [1.82, 2.24) is 85.1 Å². The predicted octanol–water partition coefficient (Wildman–Crippen LogP) is -8.21. The molecule has 0 unspecified atom stereocenters. The van der Waals surface area contributed by atoms with Gasteiger partial charge in [0.15, 0.2) is 0 Å². The zero-order valence-corrected chi connectivity index (χ0v) is 74.1. The number of carboxylic acids is 4. The maximum Gasteiger partial charge on any atom is 0.460 e. The van der Waals surface area contributed by atoms with Crippen molar-refractivity contribution in [3.05, 3.63) is 0 Å². The maximum absolute atomic E-state index is 14.4. The van der Waals surface area contributed by atoms with Crippen LogP contribution < -0.4 is 114 Å². The van der Waals surface area contributed by atoms with Gasteiger partial charge in [-0.15, -0.1) is 0 Å². The van der Waals surface area contributed by atoms with Crippen molar-refractivity contribution in [3.63, 3.8) is 0 Å². The molecule has 0 spiro atoms. The van der Waals surface area contributed by atoms with Gasteiger partial charge in [-0.05, 0) is 142 Å². The van der Waals surface area contributed by atoms with Crippen LogP contribution in [0, 0.1) is 17.8 Å². The Balaban J connectivity index is 6.88. The number of hydrogen-bond acceptors (Lipinski definition) is 27. The van der Waals surface area contributed by atoms with Crippen LogP contribution >= 0.6 is 0 Å². The second-order valence-corrected chi connectivity index (χ2v) is 31.9. The second kappa shape index (κ2) is 57.7. The Morgan fingerprint density at radius 1 is 0.303 bits per heavy atom. The van der Waals surface area contributed by atoms with Crippen LogP contribution in [0.3, 0.4) is 0 Å². The van der Waals surface area contributed by atoms with Crippen LogP contribution in [0.4, 0.5) is 30.7 Å². The molecule has 750 valence electrons. The quantitative estimate of drug-likeness (QED) is 0.0199. The number of hydrogen-bond donors (Lipinski definition) is 27. The van der Waals surface area contributed by atoms with E-state index in [0.717, 1.165) is 26.1 Å². The molecular formula is C76H124F7N21O28. The minimum absolute atomic E-state index is 0.0279. The molecular weight excluding hydrogens is 1790 g/mol. The third-order valence-corrected chi connectivity index (χ3v) is 19.4. The lowest BCUT2D eigenvalue weighted by Gasteiger charge is -2.30. The van der Waals surface area contributed by atoms with Crippen LogP contribution in [0.15, 0.2) is 0 Å². The number of amides is 18. The van der Waals surface area contributed by atoms with E-state index in [2.05, 4.69) is 69.1 Å². The van der Waals surface area contributed by atoms with Gasteiger partial charge in [0, 0.05) is 12.8 Å². The number of aliphatic hydroxyl groups is 2. The first kappa shape index (κ1) is 120. The minimum atomic E-state index is -7.05. The Labute approximate surface area is 751 Å². The van der Waals surface area contributed by atoms with Crippen molar-refractivity contribution in [1.29, 1.82) is 0 Å². The van der Waals surface area contributed by atoms with Crippen molar-refractivity contribution in [2.75, 3.05) is 26.2 Å². The van der Waals surface area contributed by atoms with E-state index in [0.29, 0.717) is 6.42 Å². The fraction of sp³-hybridized carbons (Fsp3) is 0.711. The molecule has 17 atom stereocenters. The van der Waals surface area contributed by atoms with Gasteiger partial charge < -0.3 is 144 Å². The SMILES string of the molecule is CC(C)C[C@H](NC(=O)[C@@H](NC(=O)[C@H](CC(N)=O)NC(=O)[C@@H](NC(=O)[C@H](CC(=O)O)NC(=O)[C@H](C)NC(=O)[C@H](CCCCN)NC(=O)[C@H](CC(=O)O)NC(=O)[C@H](C)NC(=O)[C@H](CCC(=O)O)NC(=O)C(F)(F)C(F)(F)C(F)(F)F)C(C)C)C(C)C)C(=O)N[C@H](C(=O)N[C@@H](CCCCN)C(=O)N[C@@H](C)C(=O)N[C@@H](CCCCN)C(=O)N[C@@H](CO)C(=O)N[C@@H](CCC(N)=O)C(=O)O)[C@@H](C)O. The van der Waals surface area contributed by atoms with Crippen molar-refractivity contribution < 1.29 is 167 Å². The van der Waals surface area contributed by atoms with Crippen LogP contribution in [0.2, 0.25) is 0 Å². The van der Waals surface area contributed by atoms with Crippen LogP contribution in [-0.4, -0.2) is 308 Å². The Kier molecular flexibility index (Phi) is 52.3. The summed E-state index contributed by atoms with van der Waals surface area (Å²) in [6.45, 7) is 11.8. The minimum Gasteiger partial charge on any atom is -0.481 e. The Morgan fingerprint density at radius 2 is 0.591 bits per heavy atom.